The molecule has 1 aliphatic carbocycles. The molecule has 116 valence electrons. The number of hydrogen-bond donors (Lipinski definition) is 0. The maximum Gasteiger partial charge on any atom is 0.226 e. The third-order valence-electron chi connectivity index (χ3n) is 5.36. The van der Waals surface area contributed by atoms with Gasteiger partial charge < -0.3 is 4.90 Å². The van der Waals surface area contributed by atoms with Crippen LogP contribution in [0.25, 0.3) is 0 Å². The number of hydrogen-bond acceptors (Lipinski definition) is 3. The van der Waals surface area contributed by atoms with Crippen LogP contribution in [0.1, 0.15) is 18.4 Å². The molecule has 2 atom stereocenters. The highest BCUT2D eigenvalue weighted by atomic mass is 16.2. The van der Waals surface area contributed by atoms with Crippen LogP contribution in [0.15, 0.2) is 36.7 Å². The van der Waals surface area contributed by atoms with E-state index < -0.39 is 0 Å². The van der Waals surface area contributed by atoms with Gasteiger partial charge in [-0.2, -0.15) is 0 Å². The minimum atomic E-state index is 0.227. The number of pyridine rings is 1. The number of nitrogens with zero attached hydrogens (tertiary/aromatic N) is 3. The summed E-state index contributed by atoms with van der Waals surface area (Å²) in [6.45, 7) is 5.15. The van der Waals surface area contributed by atoms with Crippen molar-refractivity contribution in [3.05, 3.63) is 42.2 Å². The zero-order valence-electron chi connectivity index (χ0n) is 12.9. The normalized spacial score (nSPS) is 28.5. The van der Waals surface area contributed by atoms with E-state index in [0.717, 1.165) is 45.6 Å². The van der Waals surface area contributed by atoms with E-state index in [0.29, 0.717) is 17.7 Å². The summed E-state index contributed by atoms with van der Waals surface area (Å²) in [5.41, 5.74) is 1.28. The van der Waals surface area contributed by atoms with Crippen molar-refractivity contribution in [2.45, 2.75) is 19.4 Å². The smallest absolute Gasteiger partial charge is 0.226 e. The van der Waals surface area contributed by atoms with Crippen LogP contribution in [0.3, 0.4) is 0 Å². The minimum Gasteiger partial charge on any atom is -0.342 e. The van der Waals surface area contributed by atoms with E-state index in [2.05, 4.69) is 33.0 Å². The molecular weight excluding hydrogens is 274 g/mol. The molecule has 1 aromatic rings. The maximum absolute atomic E-state index is 12.5. The van der Waals surface area contributed by atoms with Gasteiger partial charge in [0, 0.05) is 51.0 Å². The van der Waals surface area contributed by atoms with Gasteiger partial charge in [-0.15, -0.1) is 0 Å². The number of allylic oxidation sites excluding steroid dienone is 2. The number of fused-ring (bicyclic) bond motifs is 1. The topological polar surface area (TPSA) is 36.4 Å². The Hall–Kier alpha value is -1.68. The van der Waals surface area contributed by atoms with E-state index in [1.807, 2.05) is 18.5 Å². The van der Waals surface area contributed by atoms with Crippen molar-refractivity contribution >= 4 is 5.91 Å². The molecule has 3 aliphatic rings. The van der Waals surface area contributed by atoms with E-state index in [1.54, 1.807) is 0 Å². The first-order chi connectivity index (χ1) is 10.8. The highest BCUT2D eigenvalue weighted by Gasteiger charge is 2.42. The summed E-state index contributed by atoms with van der Waals surface area (Å²) < 4.78 is 0. The van der Waals surface area contributed by atoms with Crippen LogP contribution in [0, 0.1) is 17.8 Å². The van der Waals surface area contributed by atoms with Gasteiger partial charge in [-0.05, 0) is 36.3 Å². The first-order valence-electron chi connectivity index (χ1n) is 8.34. The number of aromatic nitrogens is 1. The minimum absolute atomic E-state index is 0.227. The van der Waals surface area contributed by atoms with Crippen LogP contribution in [0.5, 0.6) is 0 Å². The van der Waals surface area contributed by atoms with Crippen molar-refractivity contribution in [3.8, 4) is 0 Å². The van der Waals surface area contributed by atoms with E-state index in [-0.39, 0.29) is 5.92 Å². The summed E-state index contributed by atoms with van der Waals surface area (Å²) in [5.74, 6) is 1.94. The molecule has 0 bridgehead atoms. The molecular formula is C18H23N3O. The average Bonchev–Trinajstić information content (AvgIpc) is 3.23. The summed E-state index contributed by atoms with van der Waals surface area (Å²) >= 11 is 0. The number of likely N-dealkylation sites (tertiary alicyclic amines) is 2. The van der Waals surface area contributed by atoms with E-state index >= 15 is 0 Å². The molecule has 0 saturated carbocycles. The molecule has 0 spiro atoms. The summed E-state index contributed by atoms with van der Waals surface area (Å²) in [4.78, 5) is 21.4. The molecule has 0 radical (unpaired) electrons. The van der Waals surface area contributed by atoms with Gasteiger partial charge in [0.25, 0.3) is 0 Å². The van der Waals surface area contributed by atoms with E-state index in [9.17, 15) is 4.79 Å². The first kappa shape index (κ1) is 13.9. The zero-order chi connectivity index (χ0) is 14.9. The maximum atomic E-state index is 12.5. The second kappa shape index (κ2) is 5.84. The Morgan fingerprint density at radius 1 is 1.14 bits per heavy atom. The van der Waals surface area contributed by atoms with E-state index in [1.165, 1.54) is 5.56 Å². The molecule has 1 aromatic heterocycles. The van der Waals surface area contributed by atoms with Crippen molar-refractivity contribution in [2.24, 2.45) is 17.8 Å². The van der Waals surface area contributed by atoms with Crippen molar-refractivity contribution in [3.63, 3.8) is 0 Å². The Kier molecular flexibility index (Phi) is 3.70. The molecule has 4 rings (SSSR count). The molecule has 0 aromatic carbocycles. The van der Waals surface area contributed by atoms with Crippen LogP contribution in [-0.4, -0.2) is 46.9 Å². The lowest BCUT2D eigenvalue weighted by atomic mass is 10.0. The molecule has 4 nitrogen and oxygen atoms in total. The largest absolute Gasteiger partial charge is 0.342 e. The average molecular weight is 297 g/mol. The van der Waals surface area contributed by atoms with Gasteiger partial charge in [0.1, 0.15) is 0 Å². The fourth-order valence-corrected chi connectivity index (χ4v) is 4.23. The number of carbonyl (C=O) groups is 1. The van der Waals surface area contributed by atoms with Gasteiger partial charge in [-0.1, -0.05) is 18.2 Å². The lowest BCUT2D eigenvalue weighted by molar-refractivity contribution is -0.134. The molecule has 1 amide bonds. The Balaban J connectivity index is 1.32. The summed E-state index contributed by atoms with van der Waals surface area (Å²) in [7, 11) is 0. The first-order valence-corrected chi connectivity index (χ1v) is 8.34. The van der Waals surface area contributed by atoms with Crippen LogP contribution in [-0.2, 0) is 11.3 Å². The Morgan fingerprint density at radius 2 is 1.86 bits per heavy atom. The molecule has 0 N–H and O–H groups in total. The third kappa shape index (κ3) is 2.68. The molecule has 2 fully saturated rings. The predicted molar refractivity (Wildman–Crippen MR) is 84.9 cm³/mol. The fourth-order valence-electron chi connectivity index (χ4n) is 4.23. The molecule has 2 saturated heterocycles. The zero-order valence-corrected chi connectivity index (χ0v) is 12.9. The summed E-state index contributed by atoms with van der Waals surface area (Å²) in [6, 6.07) is 4.15. The fraction of sp³-hybridized carbons (Fsp3) is 0.556. The summed E-state index contributed by atoms with van der Waals surface area (Å²) in [5, 5.41) is 0. The highest BCUT2D eigenvalue weighted by Crippen LogP contribution is 2.33. The van der Waals surface area contributed by atoms with Crippen molar-refractivity contribution < 1.29 is 4.79 Å². The van der Waals surface area contributed by atoms with Gasteiger partial charge in [0.05, 0.1) is 0 Å². The van der Waals surface area contributed by atoms with Gasteiger partial charge in [-0.3, -0.25) is 14.7 Å². The van der Waals surface area contributed by atoms with Crippen molar-refractivity contribution in [2.75, 3.05) is 26.2 Å². The Morgan fingerprint density at radius 3 is 2.50 bits per heavy atom. The second-order valence-electron chi connectivity index (χ2n) is 6.96. The van der Waals surface area contributed by atoms with E-state index in [4.69, 9.17) is 0 Å². The van der Waals surface area contributed by atoms with Gasteiger partial charge in [0.2, 0.25) is 5.91 Å². The number of amides is 1. The van der Waals surface area contributed by atoms with Gasteiger partial charge in [-0.25, -0.2) is 0 Å². The standard InChI is InChI=1S/C18H23N3O/c22-18(15-5-1-2-6-15)21-12-16-10-20(11-17(16)13-21)9-14-4-3-7-19-8-14/h1-4,7-8,15-17H,5-6,9-13H2/t16-,17+. The van der Waals surface area contributed by atoms with Crippen LogP contribution >= 0.6 is 0 Å². The molecule has 3 heterocycles. The predicted octanol–water partition coefficient (Wildman–Crippen LogP) is 1.94. The molecule has 4 heteroatoms. The van der Waals surface area contributed by atoms with Crippen molar-refractivity contribution in [1.82, 2.24) is 14.8 Å². The third-order valence-corrected chi connectivity index (χ3v) is 5.36. The lowest BCUT2D eigenvalue weighted by Gasteiger charge is -2.23. The SMILES string of the molecule is O=C(C1CC=CC1)N1C[C@H]2CN(Cc3cccnc3)C[C@H]2C1. The highest BCUT2D eigenvalue weighted by molar-refractivity contribution is 5.80. The second-order valence-corrected chi connectivity index (χ2v) is 6.96. The monoisotopic (exact) mass is 297 g/mol. The molecule has 22 heavy (non-hydrogen) atoms. The Bertz CT molecular complexity index is 549. The molecule has 0 unspecified atom stereocenters. The Labute approximate surface area is 131 Å². The van der Waals surface area contributed by atoms with Gasteiger partial charge in [0.15, 0.2) is 0 Å². The van der Waals surface area contributed by atoms with Gasteiger partial charge >= 0.3 is 0 Å². The quantitative estimate of drug-likeness (QED) is 0.800. The number of carbonyl (C=O) groups excluding carboxylic acids is 1. The lowest BCUT2D eigenvalue weighted by Crippen LogP contribution is -2.36. The van der Waals surface area contributed by atoms with Crippen molar-refractivity contribution in [1.29, 1.82) is 0 Å². The van der Waals surface area contributed by atoms with Crippen LogP contribution < -0.4 is 0 Å². The summed E-state index contributed by atoms with van der Waals surface area (Å²) in [6.07, 6.45) is 9.96. The van der Waals surface area contributed by atoms with Crippen LogP contribution in [0.2, 0.25) is 0 Å². The molecule has 2 aliphatic heterocycles. The van der Waals surface area contributed by atoms with Crippen LogP contribution in [0.4, 0.5) is 0 Å². The number of rotatable bonds is 3.